The Morgan fingerprint density at radius 1 is 1.17 bits per heavy atom. The number of carbonyl (C=O) groups is 2. The lowest BCUT2D eigenvalue weighted by molar-refractivity contribution is -0.384. The van der Waals surface area contributed by atoms with Crippen molar-refractivity contribution in [3.05, 3.63) is 33.9 Å². The highest BCUT2D eigenvalue weighted by Crippen LogP contribution is 2.30. The zero-order valence-electron chi connectivity index (χ0n) is 17.5. The van der Waals surface area contributed by atoms with Gasteiger partial charge in [0.2, 0.25) is 0 Å². The third kappa shape index (κ3) is 5.18. The average molecular weight is 419 g/mol. The van der Waals surface area contributed by atoms with Crippen molar-refractivity contribution in [3.63, 3.8) is 0 Å². The molecule has 2 saturated heterocycles. The largest absolute Gasteiger partial charge is 0.450 e. The second-order valence-corrected chi connectivity index (χ2v) is 7.68. The quantitative estimate of drug-likeness (QED) is 0.571. The van der Waals surface area contributed by atoms with Gasteiger partial charge in [-0.3, -0.25) is 14.9 Å². The first-order valence-electron chi connectivity index (χ1n) is 10.3. The van der Waals surface area contributed by atoms with E-state index in [1.807, 2.05) is 11.9 Å². The summed E-state index contributed by atoms with van der Waals surface area (Å²) in [5, 5.41) is 14.6. The molecule has 0 aromatic heterocycles. The number of hydrogen-bond donors (Lipinski definition) is 1. The number of hydrogen-bond acceptors (Lipinski definition) is 7. The Morgan fingerprint density at radius 3 is 2.43 bits per heavy atom. The summed E-state index contributed by atoms with van der Waals surface area (Å²) >= 11 is 0. The van der Waals surface area contributed by atoms with E-state index >= 15 is 0 Å². The van der Waals surface area contributed by atoms with E-state index in [9.17, 15) is 19.7 Å². The van der Waals surface area contributed by atoms with E-state index in [4.69, 9.17) is 4.74 Å². The maximum absolute atomic E-state index is 12.7. The van der Waals surface area contributed by atoms with Crippen molar-refractivity contribution < 1.29 is 19.2 Å². The van der Waals surface area contributed by atoms with Gasteiger partial charge in [-0.1, -0.05) is 0 Å². The zero-order valence-corrected chi connectivity index (χ0v) is 17.5. The fourth-order valence-corrected chi connectivity index (χ4v) is 3.82. The van der Waals surface area contributed by atoms with Crippen molar-refractivity contribution in [1.82, 2.24) is 15.1 Å². The number of nitro benzene ring substituents is 1. The molecule has 0 bridgehead atoms. The van der Waals surface area contributed by atoms with Crippen LogP contribution < -0.4 is 10.2 Å². The van der Waals surface area contributed by atoms with E-state index in [1.54, 1.807) is 24.0 Å². The number of nitrogens with one attached hydrogen (secondary N) is 1. The lowest BCUT2D eigenvalue weighted by Crippen LogP contribution is -2.46. The number of likely N-dealkylation sites (tertiary alicyclic amines) is 1. The molecule has 1 aromatic carbocycles. The van der Waals surface area contributed by atoms with Gasteiger partial charge in [0.15, 0.2) is 0 Å². The first kappa shape index (κ1) is 21.8. The third-order valence-corrected chi connectivity index (χ3v) is 5.63. The van der Waals surface area contributed by atoms with Crippen LogP contribution in [0.25, 0.3) is 0 Å². The van der Waals surface area contributed by atoms with E-state index in [2.05, 4.69) is 10.2 Å². The number of anilines is 1. The monoisotopic (exact) mass is 419 g/mol. The third-order valence-electron chi connectivity index (χ3n) is 5.63. The molecule has 3 rings (SSSR count). The fourth-order valence-electron chi connectivity index (χ4n) is 3.82. The Hall–Kier alpha value is -2.88. The molecule has 2 aliphatic heterocycles. The highest BCUT2D eigenvalue weighted by Gasteiger charge is 2.27. The summed E-state index contributed by atoms with van der Waals surface area (Å²) in [6, 6.07) is 4.59. The summed E-state index contributed by atoms with van der Waals surface area (Å²) in [7, 11) is 2.02. The summed E-state index contributed by atoms with van der Waals surface area (Å²) in [5.41, 5.74) is 0.768. The second kappa shape index (κ2) is 9.75. The topological polar surface area (TPSA) is 108 Å². The Labute approximate surface area is 175 Å². The number of carbonyl (C=O) groups excluding carboxylic acids is 2. The maximum atomic E-state index is 12.7. The van der Waals surface area contributed by atoms with E-state index in [1.165, 1.54) is 6.07 Å². The van der Waals surface area contributed by atoms with Crippen molar-refractivity contribution in [3.8, 4) is 0 Å². The van der Waals surface area contributed by atoms with Crippen LogP contribution in [0, 0.1) is 10.1 Å². The van der Waals surface area contributed by atoms with Crippen LogP contribution in [0.1, 0.15) is 30.1 Å². The molecule has 164 valence electrons. The molecule has 0 aliphatic carbocycles. The Balaban J connectivity index is 1.63. The van der Waals surface area contributed by atoms with Gasteiger partial charge in [0.1, 0.15) is 5.69 Å². The molecule has 0 radical (unpaired) electrons. The fraction of sp³-hybridized carbons (Fsp3) is 0.600. The first-order chi connectivity index (χ1) is 14.4. The molecule has 0 unspecified atom stereocenters. The van der Waals surface area contributed by atoms with Gasteiger partial charge in [-0.05, 0) is 38.9 Å². The average Bonchev–Trinajstić information content (AvgIpc) is 2.74. The van der Waals surface area contributed by atoms with E-state index in [0.717, 1.165) is 13.1 Å². The smallest absolute Gasteiger partial charge is 0.409 e. The van der Waals surface area contributed by atoms with Gasteiger partial charge < -0.3 is 24.8 Å². The molecule has 2 amide bonds. The number of amides is 2. The van der Waals surface area contributed by atoms with Crippen molar-refractivity contribution in [2.45, 2.75) is 25.8 Å². The minimum atomic E-state index is -0.428. The number of nitro groups is 1. The molecular formula is C20H29N5O5. The van der Waals surface area contributed by atoms with Gasteiger partial charge in [-0.15, -0.1) is 0 Å². The highest BCUT2D eigenvalue weighted by atomic mass is 16.6. The molecule has 0 atom stereocenters. The van der Waals surface area contributed by atoms with E-state index < -0.39 is 4.92 Å². The molecule has 2 fully saturated rings. The minimum Gasteiger partial charge on any atom is -0.450 e. The van der Waals surface area contributed by atoms with Crippen LogP contribution in [0.2, 0.25) is 0 Å². The molecule has 10 nitrogen and oxygen atoms in total. The summed E-state index contributed by atoms with van der Waals surface area (Å²) < 4.78 is 5.00. The standard InChI is InChI=1S/C20H29N5O5/c1-3-30-20(27)24-8-6-16(7-9-24)21-19(26)15-4-5-17(18(14-15)25(28)29)23-12-10-22(2)11-13-23/h4-5,14,16H,3,6-13H2,1-2H3,(H,21,26). The van der Waals surface area contributed by atoms with Crippen LogP contribution in [0.3, 0.4) is 0 Å². The van der Waals surface area contributed by atoms with Crippen LogP contribution in [-0.4, -0.2) is 85.7 Å². The first-order valence-corrected chi connectivity index (χ1v) is 10.3. The van der Waals surface area contributed by atoms with Gasteiger partial charge in [-0.25, -0.2) is 4.79 Å². The Bertz CT molecular complexity index is 786. The van der Waals surface area contributed by atoms with Gasteiger partial charge >= 0.3 is 6.09 Å². The number of benzene rings is 1. The van der Waals surface area contributed by atoms with Gasteiger partial charge in [0, 0.05) is 56.9 Å². The van der Waals surface area contributed by atoms with Crippen LogP contribution in [0.15, 0.2) is 18.2 Å². The molecular weight excluding hydrogens is 390 g/mol. The second-order valence-electron chi connectivity index (χ2n) is 7.68. The molecule has 1 aromatic rings. The number of likely N-dealkylation sites (N-methyl/N-ethyl adjacent to an activating group) is 1. The van der Waals surface area contributed by atoms with Crippen LogP contribution in [0.4, 0.5) is 16.2 Å². The van der Waals surface area contributed by atoms with Gasteiger partial charge in [-0.2, -0.15) is 0 Å². The summed E-state index contributed by atoms with van der Waals surface area (Å²) in [6.45, 7) is 6.20. The number of rotatable bonds is 5. The number of piperazine rings is 1. The predicted molar refractivity (Wildman–Crippen MR) is 112 cm³/mol. The molecule has 1 N–H and O–H groups in total. The lowest BCUT2D eigenvalue weighted by Gasteiger charge is -2.33. The SMILES string of the molecule is CCOC(=O)N1CCC(NC(=O)c2ccc(N3CCN(C)CC3)c([N+](=O)[O-])c2)CC1. The predicted octanol–water partition coefficient (Wildman–Crippen LogP) is 1.70. The van der Waals surface area contributed by atoms with Crippen LogP contribution >= 0.6 is 0 Å². The van der Waals surface area contributed by atoms with Crippen molar-refractivity contribution in [2.75, 3.05) is 57.8 Å². The molecule has 0 spiro atoms. The van der Waals surface area contributed by atoms with Crippen LogP contribution in [0.5, 0.6) is 0 Å². The normalized spacial score (nSPS) is 18.2. The van der Waals surface area contributed by atoms with E-state index in [0.29, 0.717) is 51.3 Å². The lowest BCUT2D eigenvalue weighted by atomic mass is 10.0. The number of ether oxygens (including phenoxy) is 1. The van der Waals surface area contributed by atoms with Gasteiger partial charge in [0.05, 0.1) is 11.5 Å². The molecule has 0 saturated carbocycles. The van der Waals surface area contributed by atoms with Crippen LogP contribution in [-0.2, 0) is 4.74 Å². The highest BCUT2D eigenvalue weighted by molar-refractivity contribution is 5.96. The summed E-state index contributed by atoms with van der Waals surface area (Å²) in [6.07, 6.45) is 0.898. The summed E-state index contributed by atoms with van der Waals surface area (Å²) in [5.74, 6) is -0.336. The number of piperidine rings is 1. The molecule has 2 aliphatic rings. The molecule has 10 heteroatoms. The zero-order chi connectivity index (χ0) is 21.7. The molecule has 30 heavy (non-hydrogen) atoms. The Kier molecular flexibility index (Phi) is 7.09. The minimum absolute atomic E-state index is 0.0515. The van der Waals surface area contributed by atoms with Crippen molar-refractivity contribution in [1.29, 1.82) is 0 Å². The van der Waals surface area contributed by atoms with E-state index in [-0.39, 0.29) is 29.3 Å². The van der Waals surface area contributed by atoms with Crippen molar-refractivity contribution >= 4 is 23.4 Å². The Morgan fingerprint density at radius 2 is 1.83 bits per heavy atom. The van der Waals surface area contributed by atoms with Crippen molar-refractivity contribution in [2.24, 2.45) is 0 Å². The van der Waals surface area contributed by atoms with Gasteiger partial charge in [0.25, 0.3) is 11.6 Å². The molecule has 2 heterocycles. The number of nitrogens with zero attached hydrogens (tertiary/aromatic N) is 4. The maximum Gasteiger partial charge on any atom is 0.409 e. The summed E-state index contributed by atoms with van der Waals surface area (Å²) in [4.78, 5) is 41.5.